The summed E-state index contributed by atoms with van der Waals surface area (Å²) >= 11 is 0. The molecule has 0 saturated carbocycles. The number of nitrogens with one attached hydrogen (secondary N) is 1. The van der Waals surface area contributed by atoms with Crippen LogP contribution < -0.4 is 11.1 Å². The number of nitrogens with two attached hydrogens (primary N) is 1. The summed E-state index contributed by atoms with van der Waals surface area (Å²) < 4.78 is 1.81. The van der Waals surface area contributed by atoms with Crippen molar-refractivity contribution >= 4 is 5.91 Å². The van der Waals surface area contributed by atoms with Crippen LogP contribution in [0.4, 0.5) is 0 Å². The van der Waals surface area contributed by atoms with Gasteiger partial charge < -0.3 is 11.1 Å². The maximum atomic E-state index is 11.3. The first-order chi connectivity index (χ1) is 8.32. The van der Waals surface area contributed by atoms with Gasteiger partial charge in [0.25, 0.3) is 0 Å². The normalized spacial score (nSPS) is 13.3. The van der Waals surface area contributed by atoms with Gasteiger partial charge in [-0.15, -0.1) is 0 Å². The highest BCUT2D eigenvalue weighted by Crippen LogP contribution is 2.17. The Bertz CT molecular complexity index is 409. The minimum atomic E-state index is -0.306. The Morgan fingerprint density at radius 3 is 2.50 bits per heavy atom. The zero-order chi connectivity index (χ0) is 13.9. The number of nitrogens with zero attached hydrogens (tertiary/aromatic N) is 2. The summed E-state index contributed by atoms with van der Waals surface area (Å²) in [5, 5.41) is 7.65. The summed E-state index contributed by atoms with van der Waals surface area (Å²) in [5.41, 5.74) is 7.57. The molecule has 5 heteroatoms. The van der Waals surface area contributed by atoms with Crippen molar-refractivity contribution in [2.75, 3.05) is 0 Å². The smallest absolute Gasteiger partial charge is 0.234 e. The monoisotopic (exact) mass is 252 g/mol. The van der Waals surface area contributed by atoms with Crippen LogP contribution in [-0.2, 0) is 18.4 Å². The molecule has 0 aliphatic carbocycles. The zero-order valence-corrected chi connectivity index (χ0v) is 11.9. The lowest BCUT2D eigenvalue weighted by Crippen LogP contribution is -2.44. The van der Waals surface area contributed by atoms with Gasteiger partial charge in [0.2, 0.25) is 5.91 Å². The first-order valence-corrected chi connectivity index (χ1v) is 6.38. The molecule has 1 amide bonds. The average Bonchev–Trinajstić information content (AvgIpc) is 2.59. The van der Waals surface area contributed by atoms with Crippen molar-refractivity contribution in [3.63, 3.8) is 0 Å². The van der Waals surface area contributed by atoms with Gasteiger partial charge in [0.05, 0.1) is 11.7 Å². The van der Waals surface area contributed by atoms with Crippen molar-refractivity contribution in [1.29, 1.82) is 0 Å². The van der Waals surface area contributed by atoms with E-state index in [1.807, 2.05) is 27.1 Å². The van der Waals surface area contributed by atoms with Crippen LogP contribution in [0.5, 0.6) is 0 Å². The standard InChI is InChI=1S/C13H24N4O/c1-8(2)11-10(7-17(5)16-11)6-15-12(9(3)4)13(14)18/h7-9,12,15H,6H2,1-5H3,(H2,14,18). The van der Waals surface area contributed by atoms with Crippen LogP contribution in [0.3, 0.4) is 0 Å². The van der Waals surface area contributed by atoms with Crippen molar-refractivity contribution < 1.29 is 4.79 Å². The second-order valence-corrected chi connectivity index (χ2v) is 5.37. The minimum Gasteiger partial charge on any atom is -0.368 e. The molecule has 0 radical (unpaired) electrons. The predicted molar refractivity (Wildman–Crippen MR) is 72.0 cm³/mol. The molecule has 0 aromatic carbocycles. The summed E-state index contributed by atoms with van der Waals surface area (Å²) in [4.78, 5) is 11.3. The van der Waals surface area contributed by atoms with E-state index in [4.69, 9.17) is 5.73 Å². The lowest BCUT2D eigenvalue weighted by Gasteiger charge is -2.19. The largest absolute Gasteiger partial charge is 0.368 e. The van der Waals surface area contributed by atoms with Gasteiger partial charge in [-0.05, 0) is 11.8 Å². The van der Waals surface area contributed by atoms with Crippen LogP contribution in [0.25, 0.3) is 0 Å². The number of rotatable bonds is 6. The summed E-state index contributed by atoms with van der Waals surface area (Å²) in [5.74, 6) is 0.246. The average molecular weight is 252 g/mol. The lowest BCUT2D eigenvalue weighted by atomic mass is 10.0. The van der Waals surface area contributed by atoms with Gasteiger partial charge in [-0.25, -0.2) is 0 Å². The second kappa shape index (κ2) is 6.00. The van der Waals surface area contributed by atoms with Crippen LogP contribution in [0.1, 0.15) is 44.9 Å². The number of amides is 1. The zero-order valence-electron chi connectivity index (χ0n) is 11.9. The molecule has 18 heavy (non-hydrogen) atoms. The highest BCUT2D eigenvalue weighted by molar-refractivity contribution is 5.80. The molecule has 5 nitrogen and oxygen atoms in total. The Labute approximate surface area is 109 Å². The van der Waals surface area contributed by atoms with E-state index in [0.29, 0.717) is 12.5 Å². The molecule has 0 bridgehead atoms. The number of aromatic nitrogens is 2. The van der Waals surface area contributed by atoms with Crippen LogP contribution in [0.2, 0.25) is 0 Å². The quantitative estimate of drug-likeness (QED) is 0.797. The number of primary amides is 1. The van der Waals surface area contributed by atoms with Crippen LogP contribution >= 0.6 is 0 Å². The highest BCUT2D eigenvalue weighted by Gasteiger charge is 2.20. The molecule has 1 unspecified atom stereocenters. The summed E-state index contributed by atoms with van der Waals surface area (Å²) in [6.45, 7) is 8.80. The van der Waals surface area contributed by atoms with Crippen molar-refractivity contribution in [3.05, 3.63) is 17.5 Å². The van der Waals surface area contributed by atoms with Crippen molar-refractivity contribution in [2.45, 2.75) is 46.2 Å². The van der Waals surface area contributed by atoms with E-state index in [-0.39, 0.29) is 17.9 Å². The molecule has 1 heterocycles. The van der Waals surface area contributed by atoms with Gasteiger partial charge in [0.15, 0.2) is 0 Å². The maximum Gasteiger partial charge on any atom is 0.234 e. The Hall–Kier alpha value is -1.36. The second-order valence-electron chi connectivity index (χ2n) is 5.37. The molecule has 102 valence electrons. The van der Waals surface area contributed by atoms with Crippen molar-refractivity contribution in [2.24, 2.45) is 18.7 Å². The summed E-state index contributed by atoms with van der Waals surface area (Å²) in [6, 6.07) is -0.301. The number of aryl methyl sites for hydroxylation is 1. The fraction of sp³-hybridized carbons (Fsp3) is 0.692. The molecule has 3 N–H and O–H groups in total. The van der Waals surface area contributed by atoms with Gasteiger partial charge in [0.1, 0.15) is 0 Å². The van der Waals surface area contributed by atoms with Crippen molar-refractivity contribution in [1.82, 2.24) is 15.1 Å². The Balaban J connectivity index is 2.76. The van der Waals surface area contributed by atoms with E-state index in [9.17, 15) is 4.79 Å². The van der Waals surface area contributed by atoms with Crippen LogP contribution in [0.15, 0.2) is 6.20 Å². The van der Waals surface area contributed by atoms with Crippen LogP contribution in [-0.4, -0.2) is 21.7 Å². The molecule has 0 aliphatic rings. The third kappa shape index (κ3) is 3.57. The maximum absolute atomic E-state index is 11.3. The Morgan fingerprint density at radius 2 is 2.06 bits per heavy atom. The highest BCUT2D eigenvalue weighted by atomic mass is 16.1. The molecule has 1 aromatic rings. The van der Waals surface area contributed by atoms with E-state index >= 15 is 0 Å². The van der Waals surface area contributed by atoms with Gasteiger partial charge in [0, 0.05) is 25.4 Å². The van der Waals surface area contributed by atoms with Crippen LogP contribution in [0, 0.1) is 5.92 Å². The SMILES string of the molecule is CC(C)c1nn(C)cc1CNC(C(N)=O)C(C)C. The van der Waals surface area contributed by atoms with E-state index in [1.165, 1.54) is 0 Å². The summed E-state index contributed by atoms with van der Waals surface area (Å²) in [6.07, 6.45) is 1.99. The minimum absolute atomic E-state index is 0.182. The van der Waals surface area contributed by atoms with Gasteiger partial charge >= 0.3 is 0 Å². The molecule has 0 spiro atoms. The molecule has 0 aliphatic heterocycles. The van der Waals surface area contributed by atoms with Gasteiger partial charge in [-0.3, -0.25) is 9.48 Å². The molecule has 1 aromatic heterocycles. The molecule has 1 atom stereocenters. The molecule has 0 saturated heterocycles. The van der Waals surface area contributed by atoms with E-state index in [2.05, 4.69) is 24.3 Å². The first kappa shape index (κ1) is 14.7. The third-order valence-electron chi connectivity index (χ3n) is 2.97. The molecule has 1 rings (SSSR count). The Kier molecular flexibility index (Phi) is 4.90. The molecular weight excluding hydrogens is 228 g/mol. The lowest BCUT2D eigenvalue weighted by molar-refractivity contribution is -0.121. The van der Waals surface area contributed by atoms with Gasteiger partial charge in [-0.2, -0.15) is 5.10 Å². The number of hydrogen-bond acceptors (Lipinski definition) is 3. The fourth-order valence-electron chi connectivity index (χ4n) is 2.06. The number of hydrogen-bond donors (Lipinski definition) is 2. The molecular formula is C13H24N4O. The number of carbonyl (C=O) groups is 1. The Morgan fingerprint density at radius 1 is 1.44 bits per heavy atom. The van der Waals surface area contributed by atoms with E-state index in [0.717, 1.165) is 11.3 Å². The third-order valence-corrected chi connectivity index (χ3v) is 2.97. The van der Waals surface area contributed by atoms with E-state index in [1.54, 1.807) is 4.68 Å². The fourth-order valence-corrected chi connectivity index (χ4v) is 2.06. The van der Waals surface area contributed by atoms with Gasteiger partial charge in [-0.1, -0.05) is 27.7 Å². The molecule has 0 fully saturated rings. The predicted octanol–water partition coefficient (Wildman–Crippen LogP) is 1.14. The first-order valence-electron chi connectivity index (χ1n) is 6.38. The summed E-state index contributed by atoms with van der Waals surface area (Å²) in [7, 11) is 1.91. The number of carbonyl (C=O) groups excluding carboxylic acids is 1. The van der Waals surface area contributed by atoms with Crippen molar-refractivity contribution in [3.8, 4) is 0 Å². The van der Waals surface area contributed by atoms with E-state index < -0.39 is 0 Å². The topological polar surface area (TPSA) is 72.9 Å².